The third kappa shape index (κ3) is 1.43. The number of rotatable bonds is 2. The van der Waals surface area contributed by atoms with Crippen LogP contribution in [0.3, 0.4) is 0 Å². The largest absolute Gasteiger partial charge is 0.464 e. The predicted octanol–water partition coefficient (Wildman–Crippen LogP) is 3.80. The van der Waals surface area contributed by atoms with Gasteiger partial charge in [-0.25, -0.2) is 0 Å². The summed E-state index contributed by atoms with van der Waals surface area (Å²) < 4.78 is 5.53. The van der Waals surface area contributed by atoms with Crippen LogP contribution in [0.15, 0.2) is 34.9 Å². The van der Waals surface area contributed by atoms with Crippen molar-refractivity contribution < 1.29 is 9.52 Å². The second-order valence-corrected chi connectivity index (χ2v) is 6.32. The van der Waals surface area contributed by atoms with Crippen molar-refractivity contribution in [2.24, 2.45) is 17.3 Å². The van der Waals surface area contributed by atoms with Gasteiger partial charge >= 0.3 is 0 Å². The van der Waals surface area contributed by atoms with Gasteiger partial charge in [-0.15, -0.1) is 0 Å². The maximum atomic E-state index is 10.9. The van der Waals surface area contributed by atoms with Gasteiger partial charge in [0.2, 0.25) is 0 Å². The van der Waals surface area contributed by atoms with Crippen molar-refractivity contribution in [1.82, 2.24) is 0 Å². The second-order valence-electron chi connectivity index (χ2n) is 6.32. The first-order valence-corrected chi connectivity index (χ1v) is 7.30. The molecule has 2 aliphatic carbocycles. The van der Waals surface area contributed by atoms with E-state index in [-0.39, 0.29) is 0 Å². The molecule has 0 radical (unpaired) electrons. The van der Waals surface area contributed by atoms with E-state index in [9.17, 15) is 10.4 Å². The van der Waals surface area contributed by atoms with Crippen LogP contribution in [0.1, 0.15) is 37.4 Å². The highest BCUT2D eigenvalue weighted by Crippen LogP contribution is 2.61. The van der Waals surface area contributed by atoms with Gasteiger partial charge in [-0.2, -0.15) is 5.26 Å². The molecular formula is C17H17NO2. The van der Waals surface area contributed by atoms with Gasteiger partial charge in [-0.1, -0.05) is 24.6 Å². The van der Waals surface area contributed by atoms with Crippen molar-refractivity contribution in [2.75, 3.05) is 0 Å². The summed E-state index contributed by atoms with van der Waals surface area (Å²) in [5.41, 5.74) is 0.933. The molecule has 2 saturated carbocycles. The SMILES string of the molecule is N#CC1(C(O)c2coc3ccccc23)CC2CCC1C2. The average Bonchev–Trinajstić information content (AvgIpc) is 3.19. The lowest BCUT2D eigenvalue weighted by atomic mass is 9.68. The molecule has 0 amide bonds. The zero-order valence-electron chi connectivity index (χ0n) is 11.2. The molecule has 2 fully saturated rings. The number of aliphatic hydroxyl groups excluding tert-OH is 1. The number of hydrogen-bond acceptors (Lipinski definition) is 3. The monoisotopic (exact) mass is 267 g/mol. The number of hydrogen-bond donors (Lipinski definition) is 1. The van der Waals surface area contributed by atoms with Crippen LogP contribution >= 0.6 is 0 Å². The number of furan rings is 1. The van der Waals surface area contributed by atoms with Crippen molar-refractivity contribution >= 4 is 11.0 Å². The molecule has 1 N–H and O–H groups in total. The molecule has 2 aliphatic rings. The van der Waals surface area contributed by atoms with Crippen molar-refractivity contribution in [2.45, 2.75) is 31.8 Å². The Morgan fingerprint density at radius 1 is 1.35 bits per heavy atom. The molecule has 1 aromatic carbocycles. The molecule has 0 saturated heterocycles. The topological polar surface area (TPSA) is 57.2 Å². The van der Waals surface area contributed by atoms with Crippen LogP contribution in [0, 0.1) is 28.6 Å². The predicted molar refractivity (Wildman–Crippen MR) is 74.7 cm³/mol. The summed E-state index contributed by atoms with van der Waals surface area (Å²) in [5.74, 6) is 0.952. The van der Waals surface area contributed by atoms with Crippen LogP contribution in [-0.4, -0.2) is 5.11 Å². The highest BCUT2D eigenvalue weighted by Gasteiger charge is 2.56. The number of nitrogens with zero attached hydrogens (tertiary/aromatic N) is 1. The van der Waals surface area contributed by atoms with E-state index in [0.717, 1.165) is 35.8 Å². The summed E-state index contributed by atoms with van der Waals surface area (Å²) >= 11 is 0. The molecule has 102 valence electrons. The van der Waals surface area contributed by atoms with E-state index in [1.807, 2.05) is 24.3 Å². The Bertz CT molecular complexity index is 698. The summed E-state index contributed by atoms with van der Waals surface area (Å²) in [6.07, 6.45) is 5.10. The number of fused-ring (bicyclic) bond motifs is 3. The van der Waals surface area contributed by atoms with Crippen LogP contribution in [-0.2, 0) is 0 Å². The van der Waals surface area contributed by atoms with Gasteiger partial charge < -0.3 is 9.52 Å². The third-order valence-electron chi connectivity index (χ3n) is 5.40. The molecule has 2 aromatic rings. The van der Waals surface area contributed by atoms with E-state index < -0.39 is 11.5 Å². The minimum absolute atomic E-state index is 0.334. The molecule has 4 unspecified atom stereocenters. The van der Waals surface area contributed by atoms with Crippen LogP contribution in [0.2, 0.25) is 0 Å². The lowest BCUT2D eigenvalue weighted by Gasteiger charge is -2.35. The molecule has 0 aliphatic heterocycles. The first-order chi connectivity index (χ1) is 9.74. The molecule has 1 aromatic heterocycles. The van der Waals surface area contributed by atoms with Crippen LogP contribution in [0.5, 0.6) is 0 Å². The Hall–Kier alpha value is -1.79. The van der Waals surface area contributed by atoms with E-state index in [2.05, 4.69) is 6.07 Å². The molecule has 4 atom stereocenters. The van der Waals surface area contributed by atoms with Gasteiger partial charge in [0.05, 0.1) is 17.7 Å². The molecule has 0 spiro atoms. The molecule has 20 heavy (non-hydrogen) atoms. The van der Waals surface area contributed by atoms with Gasteiger partial charge in [-0.3, -0.25) is 0 Å². The highest BCUT2D eigenvalue weighted by molar-refractivity contribution is 5.81. The lowest BCUT2D eigenvalue weighted by molar-refractivity contribution is 0.0238. The number of benzene rings is 1. The Morgan fingerprint density at radius 3 is 2.90 bits per heavy atom. The first kappa shape index (κ1) is 12.0. The van der Waals surface area contributed by atoms with Gasteiger partial charge in [0, 0.05) is 10.9 Å². The minimum Gasteiger partial charge on any atom is -0.464 e. The van der Waals surface area contributed by atoms with Gasteiger partial charge in [-0.05, 0) is 37.2 Å². The number of nitriles is 1. The van der Waals surface area contributed by atoms with E-state index in [1.54, 1.807) is 6.26 Å². The molecule has 3 heteroatoms. The van der Waals surface area contributed by atoms with Crippen molar-refractivity contribution in [1.29, 1.82) is 5.26 Å². The lowest BCUT2D eigenvalue weighted by Crippen LogP contribution is -2.33. The fourth-order valence-corrected chi connectivity index (χ4v) is 4.39. The van der Waals surface area contributed by atoms with Gasteiger partial charge in [0.15, 0.2) is 0 Å². The summed E-state index contributed by atoms with van der Waals surface area (Å²) in [6, 6.07) is 10.2. The number of aliphatic hydroxyl groups is 1. The fraction of sp³-hybridized carbons (Fsp3) is 0.471. The maximum Gasteiger partial charge on any atom is 0.134 e. The van der Waals surface area contributed by atoms with E-state index >= 15 is 0 Å². The molecule has 2 bridgehead atoms. The van der Waals surface area contributed by atoms with Crippen molar-refractivity contribution in [3.8, 4) is 6.07 Å². The van der Waals surface area contributed by atoms with E-state index in [4.69, 9.17) is 4.42 Å². The first-order valence-electron chi connectivity index (χ1n) is 7.30. The maximum absolute atomic E-state index is 10.9. The summed E-state index contributed by atoms with van der Waals surface area (Å²) in [7, 11) is 0. The van der Waals surface area contributed by atoms with Crippen LogP contribution in [0.4, 0.5) is 0 Å². The summed E-state index contributed by atoms with van der Waals surface area (Å²) in [6.45, 7) is 0. The van der Waals surface area contributed by atoms with E-state index in [1.165, 1.54) is 6.42 Å². The Kier molecular flexibility index (Phi) is 2.46. The second kappa shape index (κ2) is 4.10. The molecular weight excluding hydrogens is 250 g/mol. The molecule has 3 nitrogen and oxygen atoms in total. The summed E-state index contributed by atoms with van der Waals surface area (Å²) in [5, 5.41) is 21.6. The quantitative estimate of drug-likeness (QED) is 0.900. The summed E-state index contributed by atoms with van der Waals surface area (Å²) in [4.78, 5) is 0. The normalized spacial score (nSPS) is 33.4. The van der Waals surface area contributed by atoms with Gasteiger partial charge in [0.1, 0.15) is 11.7 Å². The van der Waals surface area contributed by atoms with Crippen LogP contribution in [0.25, 0.3) is 11.0 Å². The Balaban J connectivity index is 1.80. The molecule has 4 rings (SSSR count). The minimum atomic E-state index is -0.744. The van der Waals surface area contributed by atoms with Crippen molar-refractivity contribution in [3.05, 3.63) is 36.1 Å². The van der Waals surface area contributed by atoms with Crippen molar-refractivity contribution in [3.63, 3.8) is 0 Å². The fourth-order valence-electron chi connectivity index (χ4n) is 4.39. The standard InChI is InChI=1S/C17H17NO2/c18-10-17(8-11-5-6-12(17)7-11)16(19)14-9-20-15-4-2-1-3-13(14)15/h1-4,9,11-12,16,19H,5-8H2. The number of para-hydroxylation sites is 1. The average molecular weight is 267 g/mol. The zero-order valence-corrected chi connectivity index (χ0v) is 11.2. The zero-order chi connectivity index (χ0) is 13.7. The van der Waals surface area contributed by atoms with Crippen LogP contribution < -0.4 is 0 Å². The highest BCUT2D eigenvalue weighted by atomic mass is 16.3. The Morgan fingerprint density at radius 2 is 2.20 bits per heavy atom. The van der Waals surface area contributed by atoms with Gasteiger partial charge in [0.25, 0.3) is 0 Å². The molecule has 1 heterocycles. The van der Waals surface area contributed by atoms with E-state index in [0.29, 0.717) is 11.8 Å². The Labute approximate surface area is 117 Å². The smallest absolute Gasteiger partial charge is 0.134 e. The third-order valence-corrected chi connectivity index (χ3v) is 5.40.